The van der Waals surface area contributed by atoms with Gasteiger partial charge >= 0.3 is 5.97 Å². The van der Waals surface area contributed by atoms with Crippen LogP contribution in [0.3, 0.4) is 0 Å². The maximum absolute atomic E-state index is 11.1. The molecule has 1 N–H and O–H groups in total. The summed E-state index contributed by atoms with van der Waals surface area (Å²) in [6.45, 7) is 2.93. The van der Waals surface area contributed by atoms with Gasteiger partial charge in [0.25, 0.3) is 0 Å². The fraction of sp³-hybridized carbons (Fsp3) is 0.500. The van der Waals surface area contributed by atoms with Crippen molar-refractivity contribution in [1.29, 1.82) is 0 Å². The molecule has 0 unspecified atom stereocenters. The minimum Gasteiger partial charge on any atom is -0.465 e. The van der Waals surface area contributed by atoms with E-state index < -0.39 is 0 Å². The van der Waals surface area contributed by atoms with E-state index in [9.17, 15) is 4.79 Å². The molecule has 5 nitrogen and oxygen atoms in total. The molecule has 0 aromatic carbocycles. The van der Waals surface area contributed by atoms with E-state index in [4.69, 9.17) is 4.74 Å². The number of nitrogens with one attached hydrogen (secondary N) is 1. The van der Waals surface area contributed by atoms with Gasteiger partial charge in [0.05, 0.1) is 12.4 Å². The Balaban J connectivity index is 2.40. The van der Waals surface area contributed by atoms with E-state index >= 15 is 0 Å². The molecule has 0 saturated heterocycles. The largest absolute Gasteiger partial charge is 0.465 e. The van der Waals surface area contributed by atoms with Crippen molar-refractivity contribution in [3.63, 3.8) is 0 Å². The van der Waals surface area contributed by atoms with E-state index in [1.165, 1.54) is 11.8 Å². The second-order valence-electron chi connectivity index (χ2n) is 3.00. The summed E-state index contributed by atoms with van der Waals surface area (Å²) in [7, 11) is 1.86. The molecule has 1 aromatic heterocycles. The van der Waals surface area contributed by atoms with Crippen LogP contribution in [-0.4, -0.2) is 35.3 Å². The fourth-order valence-corrected chi connectivity index (χ4v) is 1.62. The number of thioether (sulfide) groups is 1. The lowest BCUT2D eigenvalue weighted by Crippen LogP contribution is -2.08. The highest BCUT2D eigenvalue weighted by Gasteiger charge is 2.04. The first-order valence-electron chi connectivity index (χ1n) is 5.00. The predicted octanol–water partition coefficient (Wildman–Crippen LogP) is 0.851. The maximum Gasteiger partial charge on any atom is 0.316 e. The maximum atomic E-state index is 11.1. The van der Waals surface area contributed by atoms with Gasteiger partial charge in [-0.15, -0.1) is 0 Å². The third-order valence-electron chi connectivity index (χ3n) is 1.69. The molecule has 1 rings (SSSR count). The first-order chi connectivity index (χ1) is 7.76. The third kappa shape index (κ3) is 4.59. The van der Waals surface area contributed by atoms with Crippen LogP contribution in [0.5, 0.6) is 0 Å². The van der Waals surface area contributed by atoms with Gasteiger partial charge in [-0.1, -0.05) is 11.8 Å². The number of esters is 1. The van der Waals surface area contributed by atoms with Crippen LogP contribution in [0, 0.1) is 0 Å². The summed E-state index contributed by atoms with van der Waals surface area (Å²) >= 11 is 1.28. The van der Waals surface area contributed by atoms with E-state index in [1.54, 1.807) is 19.3 Å². The van der Waals surface area contributed by atoms with Crippen molar-refractivity contribution in [2.24, 2.45) is 0 Å². The van der Waals surface area contributed by atoms with E-state index in [-0.39, 0.29) is 11.7 Å². The van der Waals surface area contributed by atoms with Crippen LogP contribution in [0.15, 0.2) is 17.6 Å². The van der Waals surface area contributed by atoms with Gasteiger partial charge in [0.2, 0.25) is 0 Å². The summed E-state index contributed by atoms with van der Waals surface area (Å²) in [4.78, 5) is 19.3. The van der Waals surface area contributed by atoms with Crippen molar-refractivity contribution in [2.45, 2.75) is 18.6 Å². The Morgan fingerprint density at radius 1 is 1.50 bits per heavy atom. The van der Waals surface area contributed by atoms with Gasteiger partial charge in [-0.3, -0.25) is 4.79 Å². The lowest BCUT2D eigenvalue weighted by atomic mass is 10.3. The van der Waals surface area contributed by atoms with Crippen molar-refractivity contribution >= 4 is 17.7 Å². The molecular weight excluding hydrogens is 226 g/mol. The minimum absolute atomic E-state index is 0.240. The second-order valence-corrected chi connectivity index (χ2v) is 3.94. The Labute approximate surface area is 99.0 Å². The van der Waals surface area contributed by atoms with E-state index in [2.05, 4.69) is 15.3 Å². The molecular formula is C10H15N3O2S. The number of aromatic nitrogens is 2. The minimum atomic E-state index is -0.240. The van der Waals surface area contributed by atoms with Crippen molar-refractivity contribution in [3.05, 3.63) is 18.0 Å². The number of nitrogens with zero attached hydrogens (tertiary/aromatic N) is 2. The Hall–Kier alpha value is -1.14. The summed E-state index contributed by atoms with van der Waals surface area (Å²) in [6.07, 6.45) is 3.49. The van der Waals surface area contributed by atoms with Crippen LogP contribution in [0.1, 0.15) is 12.5 Å². The summed E-state index contributed by atoms with van der Waals surface area (Å²) in [6, 6.07) is 0. The van der Waals surface area contributed by atoms with Gasteiger partial charge in [0.15, 0.2) is 5.16 Å². The van der Waals surface area contributed by atoms with Crippen LogP contribution < -0.4 is 5.32 Å². The van der Waals surface area contributed by atoms with Crippen LogP contribution in [-0.2, 0) is 16.1 Å². The van der Waals surface area contributed by atoms with Crippen LogP contribution in [0.4, 0.5) is 0 Å². The zero-order valence-electron chi connectivity index (χ0n) is 9.40. The summed E-state index contributed by atoms with van der Waals surface area (Å²) < 4.78 is 4.80. The smallest absolute Gasteiger partial charge is 0.316 e. The molecule has 0 saturated carbocycles. The van der Waals surface area contributed by atoms with Crippen molar-refractivity contribution < 1.29 is 9.53 Å². The molecule has 0 aliphatic carbocycles. The Kier molecular flexibility index (Phi) is 5.81. The second kappa shape index (κ2) is 7.19. The molecule has 0 fully saturated rings. The average molecular weight is 241 g/mol. The number of hydrogen-bond acceptors (Lipinski definition) is 6. The molecule has 0 bridgehead atoms. The van der Waals surface area contributed by atoms with Crippen molar-refractivity contribution in [3.8, 4) is 0 Å². The van der Waals surface area contributed by atoms with E-state index in [1.807, 2.05) is 7.05 Å². The van der Waals surface area contributed by atoms with Crippen LogP contribution in [0.25, 0.3) is 0 Å². The highest BCUT2D eigenvalue weighted by Crippen LogP contribution is 2.12. The van der Waals surface area contributed by atoms with E-state index in [0.29, 0.717) is 11.8 Å². The zero-order chi connectivity index (χ0) is 11.8. The molecule has 0 aliphatic heterocycles. The quantitative estimate of drug-likeness (QED) is 0.452. The first kappa shape index (κ1) is 12.9. The number of carbonyl (C=O) groups is 1. The Bertz CT molecular complexity index is 329. The lowest BCUT2D eigenvalue weighted by molar-refractivity contribution is -0.139. The van der Waals surface area contributed by atoms with Crippen LogP contribution >= 0.6 is 11.8 Å². The van der Waals surface area contributed by atoms with Gasteiger partial charge in [-0.2, -0.15) is 0 Å². The number of rotatable bonds is 6. The lowest BCUT2D eigenvalue weighted by Gasteiger charge is -2.02. The third-order valence-corrected chi connectivity index (χ3v) is 2.54. The SMILES string of the molecule is CCOC(=O)CSc1ncc(CNC)cn1. The monoisotopic (exact) mass is 241 g/mol. The molecule has 6 heteroatoms. The molecule has 0 atom stereocenters. The van der Waals surface area contributed by atoms with Crippen LogP contribution in [0.2, 0.25) is 0 Å². The molecule has 1 heterocycles. The number of hydrogen-bond donors (Lipinski definition) is 1. The topological polar surface area (TPSA) is 64.1 Å². The normalized spacial score (nSPS) is 10.1. The number of carbonyl (C=O) groups excluding carboxylic acids is 1. The van der Waals surface area contributed by atoms with Crippen molar-refractivity contribution in [2.75, 3.05) is 19.4 Å². The molecule has 1 aromatic rings. The Morgan fingerprint density at radius 2 is 2.19 bits per heavy atom. The van der Waals surface area contributed by atoms with Gasteiger partial charge in [-0.05, 0) is 14.0 Å². The highest BCUT2D eigenvalue weighted by atomic mass is 32.2. The molecule has 0 amide bonds. The van der Waals surface area contributed by atoms with Gasteiger partial charge in [0.1, 0.15) is 0 Å². The average Bonchev–Trinajstić information content (AvgIpc) is 2.29. The summed E-state index contributed by atoms with van der Waals surface area (Å²) in [5.41, 5.74) is 1.02. The van der Waals surface area contributed by atoms with Crippen molar-refractivity contribution in [1.82, 2.24) is 15.3 Å². The molecule has 0 aliphatic rings. The molecule has 0 radical (unpaired) electrons. The van der Waals surface area contributed by atoms with Gasteiger partial charge in [-0.25, -0.2) is 9.97 Å². The highest BCUT2D eigenvalue weighted by molar-refractivity contribution is 7.99. The first-order valence-corrected chi connectivity index (χ1v) is 5.98. The standard InChI is InChI=1S/C10H15N3O2S/c1-3-15-9(14)7-16-10-12-5-8(4-11-2)6-13-10/h5-6,11H,3-4,7H2,1-2H3. The molecule has 0 spiro atoms. The summed E-state index contributed by atoms with van der Waals surface area (Å²) in [5, 5.41) is 3.60. The fourth-order valence-electron chi connectivity index (χ4n) is 1.04. The number of ether oxygens (including phenoxy) is 1. The molecule has 88 valence electrons. The zero-order valence-corrected chi connectivity index (χ0v) is 10.2. The predicted molar refractivity (Wildman–Crippen MR) is 62.2 cm³/mol. The van der Waals surface area contributed by atoms with Gasteiger partial charge in [0, 0.05) is 24.5 Å². The van der Waals surface area contributed by atoms with Gasteiger partial charge < -0.3 is 10.1 Å². The Morgan fingerprint density at radius 3 is 2.75 bits per heavy atom. The van der Waals surface area contributed by atoms with E-state index in [0.717, 1.165) is 12.1 Å². The summed E-state index contributed by atoms with van der Waals surface area (Å²) in [5.74, 6) is 0.00885. The molecule has 16 heavy (non-hydrogen) atoms.